The summed E-state index contributed by atoms with van der Waals surface area (Å²) < 4.78 is 3.39. The van der Waals surface area contributed by atoms with Crippen LogP contribution in [0.5, 0.6) is 0 Å². The van der Waals surface area contributed by atoms with E-state index < -0.39 is 0 Å². The van der Waals surface area contributed by atoms with Crippen molar-refractivity contribution in [3.05, 3.63) is 68.7 Å². The summed E-state index contributed by atoms with van der Waals surface area (Å²) in [5.41, 5.74) is 5.11. The molecule has 7 nitrogen and oxygen atoms in total. The lowest BCUT2D eigenvalue weighted by atomic mass is 10.1. The first kappa shape index (κ1) is 21.0. The van der Waals surface area contributed by atoms with Crippen molar-refractivity contribution in [3.8, 4) is 16.9 Å². The molecule has 4 rings (SSSR count). The van der Waals surface area contributed by atoms with Crippen LogP contribution in [0.1, 0.15) is 36.0 Å². The summed E-state index contributed by atoms with van der Waals surface area (Å²) in [6.07, 6.45) is 1.00. The number of hydrogen-bond donors (Lipinski definition) is 1. The molecule has 3 heterocycles. The quantitative estimate of drug-likeness (QED) is 0.502. The first-order valence-electron chi connectivity index (χ1n) is 10.3. The molecule has 1 N–H and O–H groups in total. The fraction of sp³-hybridized carbons (Fsp3) is 0.304. The van der Waals surface area contributed by atoms with Gasteiger partial charge in [0, 0.05) is 23.3 Å². The Labute approximate surface area is 184 Å². The van der Waals surface area contributed by atoms with Gasteiger partial charge in [-0.05, 0) is 44.9 Å². The minimum absolute atomic E-state index is 0.102. The van der Waals surface area contributed by atoms with E-state index >= 15 is 0 Å². The maximum Gasteiger partial charge on any atom is 0.268 e. The van der Waals surface area contributed by atoms with E-state index in [-0.39, 0.29) is 17.9 Å². The molecule has 0 fully saturated rings. The predicted octanol–water partition coefficient (Wildman–Crippen LogP) is 3.60. The van der Waals surface area contributed by atoms with E-state index in [2.05, 4.69) is 10.3 Å². The van der Waals surface area contributed by atoms with Crippen LogP contribution in [0.25, 0.3) is 21.9 Å². The number of nitrogens with zero attached hydrogens (tertiary/aromatic N) is 4. The minimum atomic E-state index is -0.198. The van der Waals surface area contributed by atoms with Gasteiger partial charge < -0.3 is 5.32 Å². The Balaban J connectivity index is 1.81. The zero-order chi connectivity index (χ0) is 22.1. The number of fused-ring (bicyclic) bond motifs is 1. The highest BCUT2D eigenvalue weighted by molar-refractivity contribution is 7.15. The number of carbonyl (C=O) groups excluding carboxylic acids is 1. The third-order valence-corrected chi connectivity index (χ3v) is 6.10. The maximum atomic E-state index is 13.5. The van der Waals surface area contributed by atoms with Gasteiger partial charge in [-0.1, -0.05) is 25.1 Å². The summed E-state index contributed by atoms with van der Waals surface area (Å²) in [6.45, 7) is 8.45. The number of carbonyl (C=O) groups is 1. The third kappa shape index (κ3) is 3.90. The van der Waals surface area contributed by atoms with E-state index in [1.165, 1.54) is 11.3 Å². The summed E-state index contributed by atoms with van der Waals surface area (Å²) in [5, 5.41) is 9.43. The van der Waals surface area contributed by atoms with Crippen molar-refractivity contribution in [1.82, 2.24) is 24.5 Å². The fourth-order valence-electron chi connectivity index (χ4n) is 3.66. The van der Waals surface area contributed by atoms with Gasteiger partial charge in [0.2, 0.25) is 5.91 Å². The third-order valence-electron chi connectivity index (χ3n) is 5.22. The van der Waals surface area contributed by atoms with Crippen LogP contribution < -0.4 is 10.9 Å². The zero-order valence-corrected chi connectivity index (χ0v) is 18.9. The number of nitrogens with one attached hydrogen (secondary N) is 1. The first-order valence-corrected chi connectivity index (χ1v) is 11.2. The second kappa shape index (κ2) is 8.47. The van der Waals surface area contributed by atoms with Gasteiger partial charge >= 0.3 is 0 Å². The molecule has 0 atom stereocenters. The number of amides is 1. The minimum Gasteiger partial charge on any atom is -0.356 e. The number of rotatable bonds is 6. The molecule has 1 aromatic carbocycles. The highest BCUT2D eigenvalue weighted by Crippen LogP contribution is 2.24. The van der Waals surface area contributed by atoms with Crippen molar-refractivity contribution >= 4 is 22.2 Å². The molecule has 0 aliphatic heterocycles. The van der Waals surface area contributed by atoms with Crippen LogP contribution in [-0.2, 0) is 11.2 Å². The van der Waals surface area contributed by atoms with Gasteiger partial charge in [0.25, 0.3) is 5.56 Å². The molecule has 0 saturated heterocycles. The van der Waals surface area contributed by atoms with Crippen molar-refractivity contribution in [1.29, 1.82) is 0 Å². The van der Waals surface area contributed by atoms with E-state index in [9.17, 15) is 9.59 Å². The number of para-hydroxylation sites is 1. The summed E-state index contributed by atoms with van der Waals surface area (Å²) in [4.78, 5) is 30.9. The summed E-state index contributed by atoms with van der Waals surface area (Å²) >= 11 is 1.37. The highest BCUT2D eigenvalue weighted by Gasteiger charge is 2.20. The Hall–Kier alpha value is -3.26. The summed E-state index contributed by atoms with van der Waals surface area (Å²) in [7, 11) is 0. The molecule has 4 aromatic rings. The molecular weight excluding hydrogens is 410 g/mol. The van der Waals surface area contributed by atoms with Crippen molar-refractivity contribution in [2.45, 2.75) is 40.5 Å². The van der Waals surface area contributed by atoms with Crippen molar-refractivity contribution < 1.29 is 4.79 Å². The van der Waals surface area contributed by atoms with Gasteiger partial charge in [-0.3, -0.25) is 14.0 Å². The average molecular weight is 436 g/mol. The van der Waals surface area contributed by atoms with Crippen LogP contribution in [0.15, 0.2) is 40.5 Å². The molecule has 0 saturated carbocycles. The first-order chi connectivity index (χ1) is 14.9. The number of aryl methyl sites for hydroxylation is 3. The highest BCUT2D eigenvalue weighted by atomic mass is 32.1. The largest absolute Gasteiger partial charge is 0.356 e. The Kier molecular flexibility index (Phi) is 5.73. The van der Waals surface area contributed by atoms with E-state index in [4.69, 9.17) is 5.10 Å². The Bertz CT molecular complexity index is 1330. The fourth-order valence-corrected chi connectivity index (χ4v) is 4.58. The van der Waals surface area contributed by atoms with Gasteiger partial charge in [0.05, 0.1) is 23.4 Å². The molecule has 1 amide bonds. The molecule has 0 aliphatic carbocycles. The molecular formula is C23H25N5O2S. The van der Waals surface area contributed by atoms with Crippen LogP contribution in [0.2, 0.25) is 0 Å². The number of thiazole rings is 1. The maximum absolute atomic E-state index is 13.5. The number of benzene rings is 1. The normalized spacial score (nSPS) is 11.2. The molecule has 3 aromatic heterocycles. The second-order valence-electron chi connectivity index (χ2n) is 7.62. The standard InChI is InChI=1S/C23H25N5O2S/c1-5-10-24-20(29)12-17-13-31-23-25-16(4)21(22(30)27(17)23)18-11-15(3)28(26-18)19-9-7-6-8-14(19)2/h6-9,11,13H,5,10,12H2,1-4H3,(H,24,29). The van der Waals surface area contributed by atoms with Gasteiger partial charge in [0.1, 0.15) is 5.69 Å². The smallest absolute Gasteiger partial charge is 0.268 e. The Morgan fingerprint density at radius 1 is 1.19 bits per heavy atom. The Morgan fingerprint density at radius 2 is 1.97 bits per heavy atom. The monoisotopic (exact) mass is 435 g/mol. The van der Waals surface area contributed by atoms with Crippen LogP contribution in [0.4, 0.5) is 0 Å². The zero-order valence-electron chi connectivity index (χ0n) is 18.1. The summed E-state index contributed by atoms with van der Waals surface area (Å²) in [5.74, 6) is -0.102. The average Bonchev–Trinajstić information content (AvgIpc) is 3.30. The van der Waals surface area contributed by atoms with Crippen molar-refractivity contribution in [2.24, 2.45) is 0 Å². The number of aromatic nitrogens is 4. The molecule has 8 heteroatoms. The molecule has 0 unspecified atom stereocenters. The molecule has 0 aliphatic rings. The van der Waals surface area contributed by atoms with E-state index in [1.54, 1.807) is 4.40 Å². The van der Waals surface area contributed by atoms with Gasteiger partial charge in [-0.15, -0.1) is 11.3 Å². The van der Waals surface area contributed by atoms with Gasteiger partial charge in [-0.25, -0.2) is 9.67 Å². The molecule has 160 valence electrons. The molecule has 0 bridgehead atoms. The molecule has 31 heavy (non-hydrogen) atoms. The molecule has 0 spiro atoms. The molecule has 0 radical (unpaired) electrons. The predicted molar refractivity (Wildman–Crippen MR) is 123 cm³/mol. The van der Waals surface area contributed by atoms with E-state index in [1.807, 2.05) is 68.1 Å². The van der Waals surface area contributed by atoms with E-state index in [0.29, 0.717) is 34.2 Å². The van der Waals surface area contributed by atoms with Crippen molar-refractivity contribution in [2.75, 3.05) is 6.54 Å². The summed E-state index contributed by atoms with van der Waals surface area (Å²) in [6, 6.07) is 9.90. The van der Waals surface area contributed by atoms with Crippen molar-refractivity contribution in [3.63, 3.8) is 0 Å². The van der Waals surface area contributed by atoms with E-state index in [0.717, 1.165) is 23.4 Å². The van der Waals surface area contributed by atoms with Gasteiger partial charge in [-0.2, -0.15) is 5.10 Å². The number of hydrogen-bond acceptors (Lipinski definition) is 5. The Morgan fingerprint density at radius 3 is 2.71 bits per heavy atom. The van der Waals surface area contributed by atoms with Crippen LogP contribution in [0, 0.1) is 20.8 Å². The van der Waals surface area contributed by atoms with Crippen LogP contribution in [-0.4, -0.2) is 31.6 Å². The topological polar surface area (TPSA) is 81.3 Å². The van der Waals surface area contributed by atoms with Crippen LogP contribution >= 0.6 is 11.3 Å². The lowest BCUT2D eigenvalue weighted by Gasteiger charge is -2.08. The SMILES string of the molecule is CCCNC(=O)Cc1csc2nc(C)c(-c3cc(C)n(-c4ccccc4C)n3)c(=O)n12. The second-order valence-corrected chi connectivity index (χ2v) is 8.45. The van der Waals surface area contributed by atoms with Gasteiger partial charge in [0.15, 0.2) is 4.96 Å². The lowest BCUT2D eigenvalue weighted by molar-refractivity contribution is -0.120. The van der Waals surface area contributed by atoms with Crippen LogP contribution in [0.3, 0.4) is 0 Å². The lowest BCUT2D eigenvalue weighted by Crippen LogP contribution is -2.28.